The SMILES string of the molecule is C=CCOc1c(Br)cc(/C=C2\SC(=O)N(c3ccc(Cl)cc3)C2=O)cc1OCC. The summed E-state index contributed by atoms with van der Waals surface area (Å²) in [6.07, 6.45) is 3.30. The monoisotopic (exact) mass is 493 g/mol. The second-order valence-corrected chi connectivity index (χ2v) is 8.14. The largest absolute Gasteiger partial charge is 0.490 e. The van der Waals surface area contributed by atoms with Crippen LogP contribution in [-0.2, 0) is 4.79 Å². The molecule has 3 rings (SSSR count). The number of anilines is 1. The Morgan fingerprint density at radius 2 is 1.93 bits per heavy atom. The first-order valence-electron chi connectivity index (χ1n) is 8.68. The molecule has 0 spiro atoms. The van der Waals surface area contributed by atoms with E-state index in [9.17, 15) is 9.59 Å². The quantitative estimate of drug-likeness (QED) is 0.334. The van der Waals surface area contributed by atoms with E-state index in [1.54, 1.807) is 48.6 Å². The number of carbonyl (C=O) groups is 2. The molecule has 1 aliphatic rings. The summed E-state index contributed by atoms with van der Waals surface area (Å²) >= 11 is 10.3. The molecule has 0 saturated carbocycles. The van der Waals surface area contributed by atoms with Crippen LogP contribution in [0.3, 0.4) is 0 Å². The third-order valence-corrected chi connectivity index (χ3v) is 5.56. The second kappa shape index (κ2) is 9.52. The molecule has 1 saturated heterocycles. The number of halogens is 2. The van der Waals surface area contributed by atoms with E-state index in [1.807, 2.05) is 6.92 Å². The maximum absolute atomic E-state index is 12.8. The standard InChI is InChI=1S/C21H17BrClNO4S/c1-3-9-28-19-16(22)10-13(11-17(19)27-4-2)12-18-20(25)24(21(26)29-18)15-7-5-14(23)6-8-15/h3,5-8,10-12H,1,4,9H2,2H3/b18-12-. The molecule has 1 fully saturated rings. The van der Waals surface area contributed by atoms with Crippen LogP contribution in [0, 0.1) is 0 Å². The fourth-order valence-electron chi connectivity index (χ4n) is 2.65. The molecule has 5 nitrogen and oxygen atoms in total. The van der Waals surface area contributed by atoms with E-state index in [4.69, 9.17) is 21.1 Å². The van der Waals surface area contributed by atoms with Gasteiger partial charge in [0, 0.05) is 5.02 Å². The van der Waals surface area contributed by atoms with Crippen molar-refractivity contribution < 1.29 is 19.1 Å². The molecule has 8 heteroatoms. The number of thioether (sulfide) groups is 1. The number of ether oxygens (including phenoxy) is 2. The Morgan fingerprint density at radius 1 is 1.21 bits per heavy atom. The van der Waals surface area contributed by atoms with Crippen LogP contribution in [0.4, 0.5) is 10.5 Å². The number of hydrogen-bond donors (Lipinski definition) is 0. The Labute approximate surface area is 186 Å². The van der Waals surface area contributed by atoms with Gasteiger partial charge in [0.1, 0.15) is 6.61 Å². The molecule has 29 heavy (non-hydrogen) atoms. The first kappa shape index (κ1) is 21.5. The zero-order valence-corrected chi connectivity index (χ0v) is 18.6. The summed E-state index contributed by atoms with van der Waals surface area (Å²) in [4.78, 5) is 26.7. The van der Waals surface area contributed by atoms with Gasteiger partial charge in [-0.2, -0.15) is 0 Å². The highest BCUT2D eigenvalue weighted by Crippen LogP contribution is 2.40. The van der Waals surface area contributed by atoms with Crippen molar-refractivity contribution in [1.29, 1.82) is 0 Å². The molecule has 1 aliphatic heterocycles. The van der Waals surface area contributed by atoms with Gasteiger partial charge in [-0.15, -0.1) is 0 Å². The second-order valence-electron chi connectivity index (χ2n) is 5.86. The lowest BCUT2D eigenvalue weighted by Gasteiger charge is -2.14. The van der Waals surface area contributed by atoms with Gasteiger partial charge in [0.15, 0.2) is 11.5 Å². The minimum atomic E-state index is -0.386. The lowest BCUT2D eigenvalue weighted by molar-refractivity contribution is -0.113. The lowest BCUT2D eigenvalue weighted by Crippen LogP contribution is -2.27. The van der Waals surface area contributed by atoms with E-state index < -0.39 is 0 Å². The molecule has 0 N–H and O–H groups in total. The summed E-state index contributed by atoms with van der Waals surface area (Å²) in [5.41, 5.74) is 1.18. The van der Waals surface area contributed by atoms with Gasteiger partial charge >= 0.3 is 0 Å². The van der Waals surface area contributed by atoms with Gasteiger partial charge in [-0.05, 0) is 82.7 Å². The predicted molar refractivity (Wildman–Crippen MR) is 121 cm³/mol. The van der Waals surface area contributed by atoms with Crippen LogP contribution < -0.4 is 14.4 Å². The normalized spacial score (nSPS) is 15.1. The van der Waals surface area contributed by atoms with Crippen LogP contribution in [0.15, 0.2) is 58.4 Å². The summed E-state index contributed by atoms with van der Waals surface area (Å²) in [5, 5.41) is 0.168. The van der Waals surface area contributed by atoms with E-state index in [0.29, 0.717) is 50.4 Å². The Bertz CT molecular complexity index is 991. The van der Waals surface area contributed by atoms with Crippen molar-refractivity contribution in [2.75, 3.05) is 18.1 Å². The predicted octanol–water partition coefficient (Wildman–Crippen LogP) is 6.31. The number of amides is 2. The number of benzene rings is 2. The number of nitrogens with zero attached hydrogens (tertiary/aromatic N) is 1. The van der Waals surface area contributed by atoms with Crippen molar-refractivity contribution in [2.45, 2.75) is 6.92 Å². The minimum absolute atomic E-state index is 0.319. The van der Waals surface area contributed by atoms with Crippen molar-refractivity contribution in [3.63, 3.8) is 0 Å². The highest BCUT2D eigenvalue weighted by molar-refractivity contribution is 9.10. The van der Waals surface area contributed by atoms with Crippen molar-refractivity contribution in [2.24, 2.45) is 0 Å². The van der Waals surface area contributed by atoms with Crippen LogP contribution in [0.1, 0.15) is 12.5 Å². The van der Waals surface area contributed by atoms with Gasteiger partial charge in [0.25, 0.3) is 11.1 Å². The Hall–Kier alpha value is -2.22. The molecule has 2 aromatic carbocycles. The summed E-state index contributed by atoms with van der Waals surface area (Å²) < 4.78 is 12.0. The summed E-state index contributed by atoms with van der Waals surface area (Å²) in [7, 11) is 0. The fourth-order valence-corrected chi connectivity index (χ4v) is 4.19. The molecule has 0 atom stereocenters. The molecular formula is C21H17BrClNO4S. The van der Waals surface area contributed by atoms with Gasteiger partial charge in [-0.3, -0.25) is 9.59 Å². The maximum Gasteiger partial charge on any atom is 0.298 e. The lowest BCUT2D eigenvalue weighted by atomic mass is 10.1. The van der Waals surface area contributed by atoms with Crippen molar-refractivity contribution in [3.8, 4) is 11.5 Å². The zero-order valence-electron chi connectivity index (χ0n) is 15.5. The van der Waals surface area contributed by atoms with Gasteiger partial charge in [0.05, 0.1) is 21.7 Å². The molecule has 0 bridgehead atoms. The van der Waals surface area contributed by atoms with Crippen LogP contribution >= 0.6 is 39.3 Å². The first-order chi connectivity index (χ1) is 13.9. The smallest absolute Gasteiger partial charge is 0.298 e. The summed E-state index contributed by atoms with van der Waals surface area (Å²) in [5.74, 6) is 0.702. The van der Waals surface area contributed by atoms with Crippen molar-refractivity contribution >= 4 is 62.2 Å². The number of carbonyl (C=O) groups excluding carboxylic acids is 2. The van der Waals surface area contributed by atoms with E-state index in [2.05, 4.69) is 22.5 Å². The highest BCUT2D eigenvalue weighted by Gasteiger charge is 2.36. The van der Waals surface area contributed by atoms with Gasteiger partial charge in [-0.1, -0.05) is 24.3 Å². The van der Waals surface area contributed by atoms with E-state index in [0.717, 1.165) is 16.7 Å². The molecule has 0 radical (unpaired) electrons. The zero-order chi connectivity index (χ0) is 21.0. The van der Waals surface area contributed by atoms with E-state index >= 15 is 0 Å². The molecular weight excluding hydrogens is 478 g/mol. The third kappa shape index (κ3) is 4.86. The van der Waals surface area contributed by atoms with Crippen LogP contribution in [-0.4, -0.2) is 24.4 Å². The molecule has 1 heterocycles. The number of hydrogen-bond acceptors (Lipinski definition) is 5. The molecule has 150 valence electrons. The summed E-state index contributed by atoms with van der Waals surface area (Å²) in [6.45, 7) is 6.30. The maximum atomic E-state index is 12.8. The van der Waals surface area contributed by atoms with Crippen molar-refractivity contribution in [3.05, 3.63) is 69.0 Å². The Balaban J connectivity index is 1.93. The fraction of sp³-hybridized carbons (Fsp3) is 0.143. The average molecular weight is 495 g/mol. The minimum Gasteiger partial charge on any atom is -0.490 e. The molecule has 2 aromatic rings. The molecule has 0 unspecified atom stereocenters. The van der Waals surface area contributed by atoms with E-state index in [-0.39, 0.29) is 11.1 Å². The first-order valence-corrected chi connectivity index (χ1v) is 10.7. The number of imide groups is 1. The third-order valence-electron chi connectivity index (χ3n) is 3.85. The molecule has 0 aliphatic carbocycles. The highest BCUT2D eigenvalue weighted by atomic mass is 79.9. The average Bonchev–Trinajstić information content (AvgIpc) is 2.95. The van der Waals surface area contributed by atoms with Crippen molar-refractivity contribution in [1.82, 2.24) is 0 Å². The van der Waals surface area contributed by atoms with E-state index in [1.165, 1.54) is 0 Å². The number of rotatable bonds is 7. The Morgan fingerprint density at radius 3 is 2.59 bits per heavy atom. The molecule has 0 aromatic heterocycles. The Kier molecular flexibility index (Phi) is 7.05. The van der Waals surface area contributed by atoms with Crippen LogP contribution in [0.25, 0.3) is 6.08 Å². The van der Waals surface area contributed by atoms with Crippen LogP contribution in [0.2, 0.25) is 5.02 Å². The van der Waals surface area contributed by atoms with Gasteiger partial charge in [0.2, 0.25) is 0 Å². The molecule has 2 amide bonds. The van der Waals surface area contributed by atoms with Crippen LogP contribution in [0.5, 0.6) is 11.5 Å². The summed E-state index contributed by atoms with van der Waals surface area (Å²) in [6, 6.07) is 10.1. The topological polar surface area (TPSA) is 55.8 Å². The van der Waals surface area contributed by atoms with Gasteiger partial charge in [-0.25, -0.2) is 4.90 Å². The van der Waals surface area contributed by atoms with Gasteiger partial charge < -0.3 is 9.47 Å².